The topological polar surface area (TPSA) is 123 Å². The van der Waals surface area contributed by atoms with Crippen molar-refractivity contribution < 1.29 is 23.7 Å². The van der Waals surface area contributed by atoms with E-state index >= 15 is 0 Å². The van der Waals surface area contributed by atoms with Crippen molar-refractivity contribution in [2.75, 3.05) is 64.0 Å². The lowest BCUT2D eigenvalue weighted by atomic mass is 10.2. The second-order valence-corrected chi connectivity index (χ2v) is 10.3. The number of hydrogen-bond donors (Lipinski definition) is 2. The Balaban J connectivity index is 1.22. The Labute approximate surface area is 239 Å². The summed E-state index contributed by atoms with van der Waals surface area (Å²) in [6.45, 7) is 4.80. The van der Waals surface area contributed by atoms with Gasteiger partial charge in [-0.05, 0) is 24.3 Å². The van der Waals surface area contributed by atoms with Crippen molar-refractivity contribution >= 4 is 55.5 Å². The lowest BCUT2D eigenvalue weighted by Gasteiger charge is -2.26. The van der Waals surface area contributed by atoms with Crippen LogP contribution in [0.25, 0.3) is 10.3 Å². The fourth-order valence-electron chi connectivity index (χ4n) is 4.42. The molecule has 0 saturated carbocycles. The first-order valence-electron chi connectivity index (χ1n) is 12.6. The number of hydrogen-bond acceptors (Lipinski definition) is 12. The minimum Gasteiger partial charge on any atom is -0.493 e. The van der Waals surface area contributed by atoms with Crippen LogP contribution in [0.4, 0.5) is 22.2 Å². The summed E-state index contributed by atoms with van der Waals surface area (Å²) in [5, 5.41) is 17.4. The minimum atomic E-state index is 0.0943. The number of nitrogens with zero attached hydrogens (tertiary/aromatic N) is 4. The molecule has 206 valence electrons. The van der Waals surface area contributed by atoms with Gasteiger partial charge in [-0.1, -0.05) is 22.9 Å². The molecule has 1 fully saturated rings. The zero-order valence-electron chi connectivity index (χ0n) is 21.5. The van der Waals surface area contributed by atoms with Crippen LogP contribution in [0.2, 0.25) is 5.02 Å². The molecule has 2 aliphatic heterocycles. The van der Waals surface area contributed by atoms with Crippen LogP contribution in [0.5, 0.6) is 23.0 Å². The SMILES string of the molecule is COc1cc(Nc2nc3ncc(C#N)c(Nc4c(Cl)ccc5c4OCO5)c3s2)ccc1OCCN1CCOCC1. The Morgan fingerprint density at radius 2 is 2.00 bits per heavy atom. The van der Waals surface area contributed by atoms with Gasteiger partial charge in [0, 0.05) is 37.6 Å². The summed E-state index contributed by atoms with van der Waals surface area (Å²) in [6, 6.07) is 11.3. The maximum atomic E-state index is 9.80. The number of rotatable bonds is 9. The van der Waals surface area contributed by atoms with Crippen LogP contribution >= 0.6 is 22.9 Å². The second-order valence-electron chi connectivity index (χ2n) is 8.90. The van der Waals surface area contributed by atoms with Crippen molar-refractivity contribution in [3.05, 3.63) is 47.1 Å². The molecule has 40 heavy (non-hydrogen) atoms. The highest BCUT2D eigenvalue weighted by Gasteiger charge is 2.23. The molecule has 4 heterocycles. The normalized spacial score (nSPS) is 14.6. The summed E-state index contributed by atoms with van der Waals surface area (Å²) >= 11 is 7.83. The molecular weight excluding hydrogens is 556 g/mol. The molecule has 0 aliphatic carbocycles. The van der Waals surface area contributed by atoms with E-state index in [-0.39, 0.29) is 6.79 Å². The molecule has 0 amide bonds. The van der Waals surface area contributed by atoms with E-state index in [0.717, 1.165) is 38.5 Å². The Morgan fingerprint density at radius 1 is 1.12 bits per heavy atom. The number of fused-ring (bicyclic) bond motifs is 2. The number of benzene rings is 2. The standard InChI is InChI=1S/C27H25ClN6O5S/c1-35-21-12-17(2-4-19(21)37-11-8-34-6-9-36-10-7-34)31-27-33-26-25(40-27)22(16(13-29)14-30-26)32-23-18(28)3-5-20-24(23)39-15-38-20/h2-5,12,14H,6-11,15H2,1H3,(H2,30,31,32,33). The van der Waals surface area contributed by atoms with E-state index < -0.39 is 0 Å². The van der Waals surface area contributed by atoms with Crippen LogP contribution in [-0.4, -0.2) is 68.2 Å². The monoisotopic (exact) mass is 580 g/mol. The predicted octanol–water partition coefficient (Wildman–Crippen LogP) is 5.15. The Bertz CT molecular complexity index is 1590. The molecule has 11 nitrogen and oxygen atoms in total. The Kier molecular flexibility index (Phi) is 7.61. The van der Waals surface area contributed by atoms with Crippen LogP contribution in [0, 0.1) is 11.3 Å². The number of nitrogens with one attached hydrogen (secondary N) is 2. The van der Waals surface area contributed by atoms with Gasteiger partial charge in [0.2, 0.25) is 6.79 Å². The minimum absolute atomic E-state index is 0.0943. The highest BCUT2D eigenvalue weighted by atomic mass is 35.5. The summed E-state index contributed by atoms with van der Waals surface area (Å²) in [5.41, 5.74) is 2.63. The number of ether oxygens (including phenoxy) is 5. The molecule has 0 radical (unpaired) electrons. The van der Waals surface area contributed by atoms with Gasteiger partial charge in [0.25, 0.3) is 0 Å². The molecule has 0 bridgehead atoms. The molecule has 1 saturated heterocycles. The molecule has 0 spiro atoms. The van der Waals surface area contributed by atoms with Crippen molar-refractivity contribution in [1.29, 1.82) is 5.26 Å². The summed E-state index contributed by atoms with van der Waals surface area (Å²) in [4.78, 5) is 11.3. The fraction of sp³-hybridized carbons (Fsp3) is 0.296. The number of aromatic nitrogens is 2. The number of nitriles is 1. The number of morpholine rings is 1. The van der Waals surface area contributed by atoms with Gasteiger partial charge in [0.15, 0.2) is 33.8 Å². The molecule has 13 heteroatoms. The van der Waals surface area contributed by atoms with Crippen molar-refractivity contribution in [3.63, 3.8) is 0 Å². The predicted molar refractivity (Wildman–Crippen MR) is 152 cm³/mol. The number of halogens is 1. The Morgan fingerprint density at radius 3 is 2.83 bits per heavy atom. The Hall–Kier alpha value is -4.02. The van der Waals surface area contributed by atoms with E-state index in [4.69, 9.17) is 35.3 Å². The van der Waals surface area contributed by atoms with Crippen LogP contribution < -0.4 is 29.6 Å². The van der Waals surface area contributed by atoms with Crippen LogP contribution in [-0.2, 0) is 4.74 Å². The summed E-state index contributed by atoms with van der Waals surface area (Å²) in [6.07, 6.45) is 1.48. The lowest BCUT2D eigenvalue weighted by molar-refractivity contribution is 0.0321. The largest absolute Gasteiger partial charge is 0.493 e. The quantitative estimate of drug-likeness (QED) is 0.273. The third-order valence-corrected chi connectivity index (χ3v) is 7.76. The highest BCUT2D eigenvalue weighted by Crippen LogP contribution is 2.46. The number of pyridine rings is 1. The van der Waals surface area contributed by atoms with Gasteiger partial charge in [-0.15, -0.1) is 0 Å². The van der Waals surface area contributed by atoms with E-state index in [0.29, 0.717) is 67.0 Å². The zero-order chi connectivity index (χ0) is 27.5. The van der Waals surface area contributed by atoms with Crippen LogP contribution in [0.15, 0.2) is 36.5 Å². The van der Waals surface area contributed by atoms with Gasteiger partial charge < -0.3 is 34.3 Å². The third-order valence-electron chi connectivity index (χ3n) is 6.46. The maximum Gasteiger partial charge on any atom is 0.231 e. The number of thiazole rings is 1. The average molecular weight is 581 g/mol. The smallest absolute Gasteiger partial charge is 0.231 e. The van der Waals surface area contributed by atoms with E-state index in [1.165, 1.54) is 17.5 Å². The molecule has 2 aliphatic rings. The molecule has 0 atom stereocenters. The summed E-state index contributed by atoms with van der Waals surface area (Å²) < 4.78 is 28.8. The summed E-state index contributed by atoms with van der Waals surface area (Å²) in [7, 11) is 1.61. The molecular formula is C27H25ClN6O5S. The molecule has 0 unspecified atom stereocenters. The third kappa shape index (κ3) is 5.37. The van der Waals surface area contributed by atoms with Gasteiger partial charge in [-0.3, -0.25) is 4.90 Å². The molecule has 2 aromatic heterocycles. The zero-order valence-corrected chi connectivity index (χ0v) is 23.1. The lowest BCUT2D eigenvalue weighted by Crippen LogP contribution is -2.38. The highest BCUT2D eigenvalue weighted by molar-refractivity contribution is 7.22. The number of methoxy groups -OCH3 is 1. The molecule has 2 N–H and O–H groups in total. The second kappa shape index (κ2) is 11.6. The van der Waals surface area contributed by atoms with E-state index in [1.807, 2.05) is 18.2 Å². The van der Waals surface area contributed by atoms with Crippen molar-refractivity contribution in [2.24, 2.45) is 0 Å². The van der Waals surface area contributed by atoms with Crippen LogP contribution in [0.3, 0.4) is 0 Å². The van der Waals surface area contributed by atoms with E-state index in [1.54, 1.807) is 19.2 Å². The average Bonchev–Trinajstić information content (AvgIpc) is 3.63. The summed E-state index contributed by atoms with van der Waals surface area (Å²) in [5.74, 6) is 2.33. The first-order valence-corrected chi connectivity index (χ1v) is 13.7. The van der Waals surface area contributed by atoms with Gasteiger partial charge in [-0.2, -0.15) is 10.2 Å². The first-order chi connectivity index (χ1) is 19.6. The van der Waals surface area contributed by atoms with Gasteiger partial charge in [0.05, 0.1) is 36.6 Å². The van der Waals surface area contributed by atoms with Gasteiger partial charge in [0.1, 0.15) is 23.1 Å². The maximum absolute atomic E-state index is 9.80. The van der Waals surface area contributed by atoms with Crippen molar-refractivity contribution in [1.82, 2.24) is 14.9 Å². The van der Waals surface area contributed by atoms with Gasteiger partial charge >= 0.3 is 0 Å². The van der Waals surface area contributed by atoms with Gasteiger partial charge in [-0.25, -0.2) is 4.98 Å². The van der Waals surface area contributed by atoms with E-state index in [9.17, 15) is 5.26 Å². The molecule has 6 rings (SSSR count). The van der Waals surface area contributed by atoms with Crippen molar-refractivity contribution in [2.45, 2.75) is 0 Å². The number of anilines is 4. The fourth-order valence-corrected chi connectivity index (χ4v) is 5.57. The van der Waals surface area contributed by atoms with E-state index in [2.05, 4.69) is 31.6 Å². The first kappa shape index (κ1) is 26.2. The van der Waals surface area contributed by atoms with Crippen molar-refractivity contribution in [3.8, 4) is 29.1 Å². The molecule has 4 aromatic rings. The van der Waals surface area contributed by atoms with Crippen LogP contribution in [0.1, 0.15) is 5.56 Å². The molecule has 2 aromatic carbocycles.